The number of rotatable bonds is 1. The normalized spacial score (nSPS) is 17.0. The van der Waals surface area contributed by atoms with Crippen LogP contribution in [0.3, 0.4) is 0 Å². The maximum atomic E-state index is 12.2. The molecule has 2 aromatic rings. The van der Waals surface area contributed by atoms with Gasteiger partial charge in [0.15, 0.2) is 0 Å². The first-order valence-electron chi connectivity index (χ1n) is 7.86. The van der Waals surface area contributed by atoms with Crippen molar-refractivity contribution in [1.29, 1.82) is 0 Å². The van der Waals surface area contributed by atoms with E-state index in [1.807, 2.05) is 18.5 Å². The molecule has 3 rings (SSSR count). The van der Waals surface area contributed by atoms with Gasteiger partial charge in [-0.25, -0.2) is 0 Å². The lowest BCUT2D eigenvalue weighted by Crippen LogP contribution is -2.26. The Hall–Kier alpha value is -2.10. The van der Waals surface area contributed by atoms with E-state index in [4.69, 9.17) is 5.11 Å². The molecule has 0 fully saturated rings. The highest BCUT2D eigenvalue weighted by atomic mass is 32.1. The van der Waals surface area contributed by atoms with Crippen molar-refractivity contribution in [3.05, 3.63) is 33.1 Å². The van der Waals surface area contributed by atoms with E-state index >= 15 is 0 Å². The lowest BCUT2D eigenvalue weighted by Gasteiger charge is -2.26. The van der Waals surface area contributed by atoms with Gasteiger partial charge in [0.1, 0.15) is 12.4 Å². The number of hydrogen-bond acceptors (Lipinski definition) is 4. The Morgan fingerprint density at radius 2 is 2.25 bits per heavy atom. The predicted molar refractivity (Wildman–Crippen MR) is 95.3 cm³/mol. The van der Waals surface area contributed by atoms with Crippen molar-refractivity contribution in [2.24, 2.45) is 7.05 Å². The number of nitrogens with one attached hydrogen (secondary N) is 1. The van der Waals surface area contributed by atoms with Crippen LogP contribution in [0.2, 0.25) is 0 Å². The molecule has 126 valence electrons. The molecular formula is C18H21N3O2S. The average Bonchev–Trinajstić information content (AvgIpc) is 3.09. The van der Waals surface area contributed by atoms with Gasteiger partial charge in [0.05, 0.1) is 5.69 Å². The summed E-state index contributed by atoms with van der Waals surface area (Å²) in [5.41, 5.74) is 2.88. The van der Waals surface area contributed by atoms with Crippen molar-refractivity contribution in [3.63, 3.8) is 0 Å². The van der Waals surface area contributed by atoms with E-state index in [1.54, 1.807) is 16.0 Å². The van der Waals surface area contributed by atoms with Gasteiger partial charge < -0.3 is 10.4 Å². The Labute approximate surface area is 145 Å². The zero-order valence-electron chi connectivity index (χ0n) is 14.3. The van der Waals surface area contributed by atoms with E-state index in [2.05, 4.69) is 43.0 Å². The zero-order chi connectivity index (χ0) is 17.5. The monoisotopic (exact) mass is 343 g/mol. The SMILES string of the molecule is Cn1nc(C(C)(C)C)c2c1NC(=O)C[C@H]2c1cc(C#CCO)cs1. The summed E-state index contributed by atoms with van der Waals surface area (Å²) in [7, 11) is 1.86. The average molecular weight is 343 g/mol. The van der Waals surface area contributed by atoms with E-state index in [0.29, 0.717) is 6.42 Å². The number of thiophene rings is 1. The van der Waals surface area contributed by atoms with Crippen molar-refractivity contribution >= 4 is 23.1 Å². The quantitative estimate of drug-likeness (QED) is 0.782. The summed E-state index contributed by atoms with van der Waals surface area (Å²) in [5, 5.41) is 18.5. The number of carbonyl (C=O) groups excluding carboxylic acids is 1. The fourth-order valence-corrected chi connectivity index (χ4v) is 3.98. The molecule has 1 atom stereocenters. The number of aliphatic hydroxyl groups is 1. The number of aryl methyl sites for hydroxylation is 1. The first-order valence-corrected chi connectivity index (χ1v) is 8.74. The third kappa shape index (κ3) is 2.97. The van der Waals surface area contributed by atoms with Crippen LogP contribution in [0.5, 0.6) is 0 Å². The van der Waals surface area contributed by atoms with Crippen molar-refractivity contribution < 1.29 is 9.90 Å². The van der Waals surface area contributed by atoms with Crippen molar-refractivity contribution in [1.82, 2.24) is 9.78 Å². The lowest BCUT2D eigenvalue weighted by atomic mass is 9.82. The molecule has 1 aliphatic heterocycles. The molecule has 0 saturated heterocycles. The third-order valence-electron chi connectivity index (χ3n) is 4.07. The van der Waals surface area contributed by atoms with Crippen LogP contribution in [-0.2, 0) is 17.3 Å². The second kappa shape index (κ2) is 6.08. The molecular weight excluding hydrogens is 322 g/mol. The number of fused-ring (bicyclic) bond motifs is 1. The number of amides is 1. The Morgan fingerprint density at radius 3 is 2.92 bits per heavy atom. The second-order valence-electron chi connectivity index (χ2n) is 6.99. The molecule has 0 radical (unpaired) electrons. The molecule has 0 aliphatic carbocycles. The summed E-state index contributed by atoms with van der Waals surface area (Å²) in [6.07, 6.45) is 0.412. The van der Waals surface area contributed by atoms with Gasteiger partial charge in [-0.1, -0.05) is 32.6 Å². The van der Waals surface area contributed by atoms with Crippen LogP contribution in [0.4, 0.5) is 5.82 Å². The summed E-state index contributed by atoms with van der Waals surface area (Å²) in [6.45, 7) is 6.25. The summed E-state index contributed by atoms with van der Waals surface area (Å²) in [4.78, 5) is 13.3. The smallest absolute Gasteiger partial charge is 0.226 e. The number of aliphatic hydroxyl groups excluding tert-OH is 1. The molecule has 1 amide bonds. The molecule has 0 unspecified atom stereocenters. The zero-order valence-corrected chi connectivity index (χ0v) is 15.1. The van der Waals surface area contributed by atoms with Crippen LogP contribution in [0.25, 0.3) is 0 Å². The molecule has 1 aliphatic rings. The largest absolute Gasteiger partial charge is 0.384 e. The molecule has 3 heterocycles. The minimum atomic E-state index is -0.155. The molecule has 0 bridgehead atoms. The van der Waals surface area contributed by atoms with Gasteiger partial charge in [-0.2, -0.15) is 5.10 Å². The predicted octanol–water partition coefficient (Wildman–Crippen LogP) is 2.60. The minimum Gasteiger partial charge on any atom is -0.384 e. The van der Waals surface area contributed by atoms with Crippen LogP contribution in [0.1, 0.15) is 54.8 Å². The first-order chi connectivity index (χ1) is 11.3. The summed E-state index contributed by atoms with van der Waals surface area (Å²) >= 11 is 1.60. The number of nitrogens with zero attached hydrogens (tertiary/aromatic N) is 2. The topological polar surface area (TPSA) is 67.2 Å². The van der Waals surface area contributed by atoms with E-state index < -0.39 is 0 Å². The van der Waals surface area contributed by atoms with Gasteiger partial charge in [-0.3, -0.25) is 9.48 Å². The highest BCUT2D eigenvalue weighted by Crippen LogP contribution is 2.44. The maximum absolute atomic E-state index is 12.2. The second-order valence-corrected chi connectivity index (χ2v) is 7.93. The summed E-state index contributed by atoms with van der Waals surface area (Å²) in [5.74, 6) is 6.38. The van der Waals surface area contributed by atoms with Gasteiger partial charge >= 0.3 is 0 Å². The van der Waals surface area contributed by atoms with Gasteiger partial charge in [0.2, 0.25) is 5.91 Å². The summed E-state index contributed by atoms with van der Waals surface area (Å²) < 4.78 is 1.76. The highest BCUT2D eigenvalue weighted by molar-refractivity contribution is 7.10. The molecule has 24 heavy (non-hydrogen) atoms. The number of aromatic nitrogens is 2. The van der Waals surface area contributed by atoms with Crippen LogP contribution in [0.15, 0.2) is 11.4 Å². The van der Waals surface area contributed by atoms with E-state index in [-0.39, 0.29) is 23.8 Å². The van der Waals surface area contributed by atoms with E-state index in [0.717, 1.165) is 27.5 Å². The molecule has 2 N–H and O–H groups in total. The number of anilines is 1. The molecule has 2 aromatic heterocycles. The van der Waals surface area contributed by atoms with Crippen molar-refractivity contribution in [3.8, 4) is 11.8 Å². The van der Waals surface area contributed by atoms with Crippen molar-refractivity contribution in [2.45, 2.75) is 38.5 Å². The Kier molecular flexibility index (Phi) is 4.24. The van der Waals surface area contributed by atoms with Gasteiger partial charge in [0.25, 0.3) is 0 Å². The van der Waals surface area contributed by atoms with Crippen LogP contribution in [0, 0.1) is 11.8 Å². The van der Waals surface area contributed by atoms with Crippen LogP contribution >= 0.6 is 11.3 Å². The van der Waals surface area contributed by atoms with Gasteiger partial charge in [0, 0.05) is 46.2 Å². The minimum absolute atomic E-state index is 0.00681. The number of hydrogen-bond donors (Lipinski definition) is 2. The maximum Gasteiger partial charge on any atom is 0.226 e. The fourth-order valence-electron chi connectivity index (χ4n) is 3.03. The van der Waals surface area contributed by atoms with Crippen LogP contribution < -0.4 is 5.32 Å². The molecule has 0 saturated carbocycles. The molecule has 5 nitrogen and oxygen atoms in total. The van der Waals surface area contributed by atoms with E-state index in [1.165, 1.54) is 0 Å². The fraction of sp³-hybridized carbons (Fsp3) is 0.444. The third-order valence-corrected chi connectivity index (χ3v) is 5.11. The van der Waals surface area contributed by atoms with Crippen LogP contribution in [-0.4, -0.2) is 27.4 Å². The first kappa shape index (κ1) is 16.7. The summed E-state index contributed by atoms with van der Waals surface area (Å²) in [6, 6.07) is 2.01. The Balaban J connectivity index is 2.11. The molecule has 0 spiro atoms. The van der Waals surface area contributed by atoms with E-state index in [9.17, 15) is 4.79 Å². The molecule has 6 heteroatoms. The Morgan fingerprint density at radius 1 is 1.50 bits per heavy atom. The highest BCUT2D eigenvalue weighted by Gasteiger charge is 2.36. The standard InChI is InChI=1S/C18H21N3O2S/c1-18(2,3)16-15-12(9-14(23)19-17(15)21(4)20-16)13-8-11(10-24-13)6-5-7-22/h8,10,12,22H,7,9H2,1-4H3,(H,19,23)/t12-/m0/s1. The molecule has 0 aromatic carbocycles. The van der Waals surface area contributed by atoms with Gasteiger partial charge in [-0.15, -0.1) is 11.3 Å². The Bertz CT molecular complexity index is 846. The number of carbonyl (C=O) groups is 1. The lowest BCUT2D eigenvalue weighted by molar-refractivity contribution is -0.116. The van der Waals surface area contributed by atoms with Crippen molar-refractivity contribution in [2.75, 3.05) is 11.9 Å². The van der Waals surface area contributed by atoms with Gasteiger partial charge in [-0.05, 0) is 6.07 Å².